The predicted molar refractivity (Wildman–Crippen MR) is 17.7 cm³/mol. The predicted octanol–water partition coefficient (Wildman–Crippen LogP) is -3.58. The fourth-order valence-electron chi connectivity index (χ4n) is 0.122. The molecule has 11 heteroatoms. The lowest BCUT2D eigenvalue weighted by molar-refractivity contribution is -0.364. The maximum Gasteiger partial charge on any atom is 2.00 e. The van der Waals surface area contributed by atoms with E-state index in [4.69, 9.17) is 0 Å². The molecule has 0 aliphatic carbocycles. The molecule has 64 valence electrons. The van der Waals surface area contributed by atoms with Crippen molar-refractivity contribution in [3.05, 3.63) is 0 Å². The quantitative estimate of drug-likeness (QED) is 0.416. The molecule has 0 fully saturated rings. The molecule has 0 N–H and O–H groups in total. The normalized spacial score (nSPS) is 11.3. The van der Waals surface area contributed by atoms with Gasteiger partial charge in [-0.2, -0.15) is 0 Å². The van der Waals surface area contributed by atoms with Gasteiger partial charge < -0.3 is 33.0 Å². The van der Waals surface area contributed by atoms with Crippen LogP contribution in [0.5, 0.6) is 0 Å². The van der Waals surface area contributed by atoms with Crippen molar-refractivity contribution < 1.29 is 44.0 Å². The van der Waals surface area contributed by atoms with Crippen LogP contribution in [0.3, 0.4) is 0 Å². The summed E-state index contributed by atoms with van der Waals surface area (Å²) in [6, 6.07) is 0. The van der Waals surface area contributed by atoms with Gasteiger partial charge in [-0.05, 0) is 0 Å². The zero-order chi connectivity index (χ0) is 7.71. The van der Waals surface area contributed by atoms with Gasteiger partial charge in [-0.3, -0.25) is 0 Å². The van der Waals surface area contributed by atoms with Crippen LogP contribution < -0.4 is 19.6 Å². The maximum absolute atomic E-state index is 9.32. The molecule has 0 aromatic heterocycles. The van der Waals surface area contributed by atoms with Crippen LogP contribution in [0.4, 0.5) is 0 Å². The lowest BCUT2D eigenvalue weighted by Gasteiger charge is -2.39. The first-order valence-electron chi connectivity index (χ1n) is 1.46. The molecule has 8 radical (unpaired) electrons. The van der Waals surface area contributed by atoms with Crippen LogP contribution in [-0.4, -0.2) is 0 Å². The van der Waals surface area contributed by atoms with Crippen LogP contribution in [0.15, 0.2) is 0 Å². The van der Waals surface area contributed by atoms with Crippen LogP contribution in [-0.2, 0) is 24.4 Å². The Hall–Kier alpha value is 0.180. The van der Waals surface area contributed by atoms with Gasteiger partial charge in [0.15, 0.2) is 0 Å². The van der Waals surface area contributed by atoms with Gasteiger partial charge in [-0.1, -0.05) is 0 Å². The van der Waals surface area contributed by atoms with E-state index < -0.39 is 15.6 Å². The molecule has 0 saturated heterocycles. The van der Waals surface area contributed by atoms with Gasteiger partial charge in [0.2, 0.25) is 0 Å². The second-order valence-electron chi connectivity index (χ2n) is 0.976. The van der Waals surface area contributed by atoms with Crippen LogP contribution in [0.25, 0.3) is 0 Å². The molecule has 0 aliphatic heterocycles. The molecule has 0 aromatic rings. The molecule has 0 aliphatic rings. The highest BCUT2D eigenvalue weighted by Gasteiger charge is 2.00. The van der Waals surface area contributed by atoms with E-state index in [2.05, 4.69) is 4.31 Å². The Morgan fingerprint density at radius 2 is 1.00 bits per heavy atom. The fourth-order valence-corrected chi connectivity index (χ4v) is 1.10. The number of rotatable bonds is 2. The average Bonchev–Trinajstić information content (AvgIpc) is 1.14. The van der Waals surface area contributed by atoms with E-state index in [9.17, 15) is 28.7 Å². The molecule has 0 unspecified atom stereocenters. The van der Waals surface area contributed by atoms with Crippen molar-refractivity contribution in [1.29, 1.82) is 0 Å². The second-order valence-corrected chi connectivity index (χ2v) is 3.42. The van der Waals surface area contributed by atoms with Gasteiger partial charge in [-0.15, -0.1) is 0 Å². The molecule has 9 nitrogen and oxygen atoms in total. The molecule has 0 heterocycles. The summed E-state index contributed by atoms with van der Waals surface area (Å²) in [6.45, 7) is 0. The van der Waals surface area contributed by atoms with Crippen molar-refractivity contribution in [2.75, 3.05) is 0 Å². The standard InChI is InChI=1S/H4O7P2.2O/c1-8(2,3)7-9(4,5)6;;/h(H2,1,2,3)(H2,4,5,6);;/q;2*+2/p-4. The minimum Gasteiger partial charge on any atom is -0.790 e. The third kappa shape index (κ3) is 17.8. The Morgan fingerprint density at radius 1 is 0.818 bits per heavy atom. The zero-order valence-corrected chi connectivity index (χ0v) is 6.36. The molecule has 0 aromatic carbocycles. The van der Waals surface area contributed by atoms with Crippen molar-refractivity contribution in [3.8, 4) is 0 Å². The largest absolute Gasteiger partial charge is 2.00 e. The molecule has 11 heavy (non-hydrogen) atoms. The van der Waals surface area contributed by atoms with Crippen molar-refractivity contribution >= 4 is 15.6 Å². The van der Waals surface area contributed by atoms with Crippen molar-refractivity contribution in [3.63, 3.8) is 0 Å². The Morgan fingerprint density at radius 3 is 1.00 bits per heavy atom. The first-order valence-corrected chi connectivity index (χ1v) is 4.38. The van der Waals surface area contributed by atoms with Crippen LogP contribution in [0, 0.1) is 0 Å². The first kappa shape index (κ1) is 17.3. The highest BCUT2D eigenvalue weighted by atomic mass is 31.3. The SMILES string of the molecule is O=P([O-])([O-])OP(=O)([O-])[O-].[O+2].[O+2]. The van der Waals surface area contributed by atoms with Gasteiger partial charge in [0.25, 0.3) is 0 Å². The van der Waals surface area contributed by atoms with E-state index >= 15 is 0 Å². The van der Waals surface area contributed by atoms with Gasteiger partial charge in [0.1, 0.15) is 0 Å². The molecule has 0 bridgehead atoms. The van der Waals surface area contributed by atoms with Crippen LogP contribution in [0.1, 0.15) is 0 Å². The summed E-state index contributed by atoms with van der Waals surface area (Å²) >= 11 is 0. The van der Waals surface area contributed by atoms with Crippen molar-refractivity contribution in [2.45, 2.75) is 0 Å². The van der Waals surface area contributed by atoms with Gasteiger partial charge in [0.05, 0.1) is 15.6 Å². The molecule has 0 atom stereocenters. The summed E-state index contributed by atoms with van der Waals surface area (Å²) in [5, 5.41) is 0. The van der Waals surface area contributed by atoms with Gasteiger partial charge in [0, 0.05) is 0 Å². The van der Waals surface area contributed by atoms with E-state index in [1.54, 1.807) is 0 Å². The summed E-state index contributed by atoms with van der Waals surface area (Å²) in [5.74, 6) is 0. The number of hydrogen-bond acceptors (Lipinski definition) is 7. The Labute approximate surface area is 60.7 Å². The van der Waals surface area contributed by atoms with Crippen LogP contribution in [0.2, 0.25) is 0 Å². The van der Waals surface area contributed by atoms with E-state index in [-0.39, 0.29) is 11.0 Å². The summed E-state index contributed by atoms with van der Waals surface area (Å²) in [7, 11) is -11.4. The molecule has 0 saturated carbocycles. The molecular weight excluding hydrogens is 206 g/mol. The summed E-state index contributed by atoms with van der Waals surface area (Å²) in [5.41, 5.74) is 0. The summed E-state index contributed by atoms with van der Waals surface area (Å²) in [4.78, 5) is 37.3. The lowest BCUT2D eigenvalue weighted by Crippen LogP contribution is -2.23. The lowest BCUT2D eigenvalue weighted by atomic mass is 15.7. The van der Waals surface area contributed by atoms with Crippen molar-refractivity contribution in [2.24, 2.45) is 0 Å². The second kappa shape index (κ2) is 4.94. The highest BCUT2D eigenvalue weighted by Crippen LogP contribution is 2.42. The van der Waals surface area contributed by atoms with Gasteiger partial charge >= 0.3 is 11.0 Å². The number of hydrogen-bond donors (Lipinski definition) is 0. The average molecular weight is 206 g/mol. The van der Waals surface area contributed by atoms with E-state index in [0.717, 1.165) is 0 Å². The third-order valence-electron chi connectivity index (χ3n) is 0.200. The molecule has 0 amide bonds. The Bertz CT molecular complexity index is 148. The minimum absolute atomic E-state index is 0. The molecular formula is O9P2. The monoisotopic (exact) mass is 206 g/mol. The zero-order valence-electron chi connectivity index (χ0n) is 4.57. The highest BCUT2D eigenvalue weighted by molar-refractivity contribution is 7.57. The third-order valence-corrected chi connectivity index (χ3v) is 1.80. The summed E-state index contributed by atoms with van der Waals surface area (Å²) in [6.07, 6.45) is 0. The van der Waals surface area contributed by atoms with Gasteiger partial charge in [-0.25, -0.2) is 0 Å². The molecule has 0 rings (SSSR count). The van der Waals surface area contributed by atoms with E-state index in [0.29, 0.717) is 0 Å². The molecule has 0 spiro atoms. The minimum atomic E-state index is -5.68. The van der Waals surface area contributed by atoms with E-state index in [1.165, 1.54) is 0 Å². The Balaban J connectivity index is -0.000000320. The Kier molecular flexibility index (Phi) is 7.77. The summed E-state index contributed by atoms with van der Waals surface area (Å²) < 4.78 is 21.2. The van der Waals surface area contributed by atoms with E-state index in [1.807, 2.05) is 0 Å². The topological polar surface area (TPSA) is 193 Å². The maximum atomic E-state index is 9.32. The first-order chi connectivity index (χ1) is 3.71. The van der Waals surface area contributed by atoms with Crippen LogP contribution >= 0.6 is 15.6 Å². The van der Waals surface area contributed by atoms with Crippen molar-refractivity contribution in [1.82, 2.24) is 0 Å². The fraction of sp³-hybridized carbons (Fsp3) is 0. The number of phosphoric acid groups is 2. The smallest absolute Gasteiger partial charge is 0.790 e.